The van der Waals surface area contributed by atoms with E-state index in [0.29, 0.717) is 11.1 Å². The van der Waals surface area contributed by atoms with Crippen molar-refractivity contribution in [1.29, 1.82) is 0 Å². The number of hydrogen-bond donors (Lipinski definition) is 0. The predicted molar refractivity (Wildman–Crippen MR) is 81.8 cm³/mol. The van der Waals surface area contributed by atoms with Crippen molar-refractivity contribution in [3.8, 4) is 5.75 Å². The Labute approximate surface area is 133 Å². The highest BCUT2D eigenvalue weighted by molar-refractivity contribution is 7.86. The Morgan fingerprint density at radius 1 is 1.09 bits per heavy atom. The molecule has 0 saturated heterocycles. The number of benzene rings is 2. The number of carbonyl (C=O) groups is 1. The second-order valence-electron chi connectivity index (χ2n) is 4.81. The maximum Gasteiger partial charge on any atom is 0.313 e. The van der Waals surface area contributed by atoms with Crippen LogP contribution in [0.1, 0.15) is 11.1 Å². The third-order valence-electron chi connectivity index (χ3n) is 2.96. The molecule has 5 nitrogen and oxygen atoms in total. The van der Waals surface area contributed by atoms with Crippen molar-refractivity contribution in [3.05, 3.63) is 65.5 Å². The Hall–Kier alpha value is -2.41. The van der Waals surface area contributed by atoms with Gasteiger partial charge in [-0.3, -0.25) is 4.79 Å². The number of ether oxygens (including phenoxy) is 1. The minimum atomic E-state index is -3.90. The first-order valence-electron chi connectivity index (χ1n) is 6.70. The molecule has 0 amide bonds. The van der Waals surface area contributed by atoms with Gasteiger partial charge < -0.3 is 8.92 Å². The smallest absolute Gasteiger partial charge is 0.313 e. The summed E-state index contributed by atoms with van der Waals surface area (Å²) in [6, 6.07) is 11.3. The van der Waals surface area contributed by atoms with Gasteiger partial charge in [0, 0.05) is 0 Å². The molecule has 0 bridgehead atoms. The monoisotopic (exact) mass is 338 g/mol. The van der Waals surface area contributed by atoms with E-state index in [1.54, 1.807) is 12.1 Å². The third kappa shape index (κ3) is 5.37. The molecular formula is C16H15FO5S. The van der Waals surface area contributed by atoms with Crippen LogP contribution < -0.4 is 4.18 Å². The number of hydrogen-bond acceptors (Lipinski definition) is 5. The Kier molecular flexibility index (Phi) is 5.33. The van der Waals surface area contributed by atoms with Gasteiger partial charge >= 0.3 is 16.1 Å². The van der Waals surface area contributed by atoms with Gasteiger partial charge in [-0.15, -0.1) is 0 Å². The molecule has 0 atom stereocenters. The van der Waals surface area contributed by atoms with Crippen molar-refractivity contribution < 1.29 is 26.5 Å². The molecule has 0 heterocycles. The van der Waals surface area contributed by atoms with Crippen molar-refractivity contribution in [3.63, 3.8) is 0 Å². The van der Waals surface area contributed by atoms with Gasteiger partial charge in [-0.05, 0) is 35.4 Å². The Bertz CT molecular complexity index is 784. The molecule has 0 radical (unpaired) electrons. The predicted octanol–water partition coefficient (Wildman–Crippen LogP) is 2.45. The lowest BCUT2D eigenvalue weighted by molar-refractivity contribution is -0.139. The van der Waals surface area contributed by atoms with Crippen LogP contribution in [0.2, 0.25) is 0 Å². The van der Waals surface area contributed by atoms with Crippen molar-refractivity contribution in [2.75, 3.05) is 7.11 Å². The van der Waals surface area contributed by atoms with E-state index in [2.05, 4.69) is 4.74 Å². The average molecular weight is 338 g/mol. The summed E-state index contributed by atoms with van der Waals surface area (Å²) < 4.78 is 46.5. The molecule has 0 saturated carbocycles. The SMILES string of the molecule is COC(=O)Cc1ccc(OS(=O)(=O)Cc2cccc(F)c2)cc1. The number of carbonyl (C=O) groups excluding carboxylic acids is 1. The molecule has 0 unspecified atom stereocenters. The molecule has 0 aliphatic carbocycles. The summed E-state index contributed by atoms with van der Waals surface area (Å²) in [5, 5.41) is 0. The third-order valence-corrected chi connectivity index (χ3v) is 4.09. The highest BCUT2D eigenvalue weighted by atomic mass is 32.2. The number of rotatable bonds is 6. The van der Waals surface area contributed by atoms with E-state index in [9.17, 15) is 17.6 Å². The van der Waals surface area contributed by atoms with Crippen LogP contribution >= 0.6 is 0 Å². The summed E-state index contributed by atoms with van der Waals surface area (Å²) in [5.41, 5.74) is 0.971. The fraction of sp³-hybridized carbons (Fsp3) is 0.188. The Morgan fingerprint density at radius 3 is 2.39 bits per heavy atom. The van der Waals surface area contributed by atoms with Gasteiger partial charge in [0.05, 0.1) is 13.5 Å². The molecule has 0 aliphatic heterocycles. The number of halogens is 1. The van der Waals surface area contributed by atoms with E-state index in [4.69, 9.17) is 4.18 Å². The van der Waals surface area contributed by atoms with E-state index in [1.165, 1.54) is 37.4 Å². The summed E-state index contributed by atoms with van der Waals surface area (Å²) in [5.74, 6) is -1.22. The summed E-state index contributed by atoms with van der Waals surface area (Å²) in [6.45, 7) is 0. The molecule has 2 rings (SSSR count). The summed E-state index contributed by atoms with van der Waals surface area (Å²) in [7, 11) is -2.61. The molecule has 0 aromatic heterocycles. The Morgan fingerprint density at radius 2 is 1.78 bits per heavy atom. The minimum absolute atomic E-state index is 0.0901. The van der Waals surface area contributed by atoms with E-state index >= 15 is 0 Å². The van der Waals surface area contributed by atoms with Gasteiger partial charge in [0.1, 0.15) is 17.3 Å². The normalized spacial score (nSPS) is 11.0. The molecule has 0 spiro atoms. The highest BCUT2D eigenvalue weighted by Crippen LogP contribution is 2.17. The topological polar surface area (TPSA) is 69.7 Å². The number of esters is 1. The van der Waals surface area contributed by atoms with Gasteiger partial charge in [0.25, 0.3) is 0 Å². The molecule has 2 aromatic carbocycles. The molecule has 0 N–H and O–H groups in total. The second kappa shape index (κ2) is 7.23. The lowest BCUT2D eigenvalue weighted by Gasteiger charge is -2.08. The van der Waals surface area contributed by atoms with Gasteiger partial charge in [-0.25, -0.2) is 4.39 Å². The zero-order valence-electron chi connectivity index (χ0n) is 12.4. The van der Waals surface area contributed by atoms with Crippen LogP contribution in [-0.2, 0) is 31.8 Å². The van der Waals surface area contributed by atoms with Crippen molar-refractivity contribution in [2.45, 2.75) is 12.2 Å². The molecule has 23 heavy (non-hydrogen) atoms. The van der Waals surface area contributed by atoms with Crippen LogP contribution in [0.15, 0.2) is 48.5 Å². The van der Waals surface area contributed by atoms with Crippen LogP contribution in [0.4, 0.5) is 4.39 Å². The van der Waals surface area contributed by atoms with Crippen molar-refractivity contribution >= 4 is 16.1 Å². The van der Waals surface area contributed by atoms with Crippen LogP contribution in [0.25, 0.3) is 0 Å². The molecule has 2 aromatic rings. The Balaban J connectivity index is 2.04. The van der Waals surface area contributed by atoms with E-state index in [-0.39, 0.29) is 12.2 Å². The standard InChI is InChI=1S/C16H15FO5S/c1-21-16(18)10-12-5-7-15(8-6-12)22-23(19,20)11-13-3-2-4-14(17)9-13/h2-9H,10-11H2,1H3. The molecule has 7 heteroatoms. The van der Waals surface area contributed by atoms with Gasteiger partial charge in [0.15, 0.2) is 0 Å². The van der Waals surface area contributed by atoms with Crippen LogP contribution in [0.3, 0.4) is 0 Å². The van der Waals surface area contributed by atoms with Crippen LogP contribution in [-0.4, -0.2) is 21.5 Å². The summed E-state index contributed by atoms with van der Waals surface area (Å²) >= 11 is 0. The lowest BCUT2D eigenvalue weighted by atomic mass is 10.1. The maximum atomic E-state index is 13.1. The lowest BCUT2D eigenvalue weighted by Crippen LogP contribution is -2.12. The van der Waals surface area contributed by atoms with E-state index in [1.807, 2.05) is 0 Å². The summed E-state index contributed by atoms with van der Waals surface area (Å²) in [4.78, 5) is 11.1. The zero-order chi connectivity index (χ0) is 16.9. The summed E-state index contributed by atoms with van der Waals surface area (Å²) in [6.07, 6.45) is 0.0901. The van der Waals surface area contributed by atoms with Gasteiger partial charge in [-0.1, -0.05) is 24.3 Å². The largest absolute Gasteiger partial charge is 0.469 e. The average Bonchev–Trinajstić information content (AvgIpc) is 2.48. The van der Waals surface area contributed by atoms with Crippen molar-refractivity contribution in [1.82, 2.24) is 0 Å². The van der Waals surface area contributed by atoms with Crippen LogP contribution in [0, 0.1) is 5.82 Å². The number of methoxy groups -OCH3 is 1. The van der Waals surface area contributed by atoms with E-state index in [0.717, 1.165) is 6.07 Å². The first-order valence-corrected chi connectivity index (χ1v) is 8.28. The van der Waals surface area contributed by atoms with E-state index < -0.39 is 27.7 Å². The van der Waals surface area contributed by atoms with Crippen LogP contribution in [0.5, 0.6) is 5.75 Å². The fourth-order valence-electron chi connectivity index (χ4n) is 1.91. The van der Waals surface area contributed by atoms with Crippen molar-refractivity contribution in [2.24, 2.45) is 0 Å². The molecule has 122 valence electrons. The van der Waals surface area contributed by atoms with Gasteiger partial charge in [-0.2, -0.15) is 8.42 Å². The molecular weight excluding hydrogens is 323 g/mol. The molecule has 0 fully saturated rings. The fourth-order valence-corrected chi connectivity index (χ4v) is 2.96. The maximum absolute atomic E-state index is 13.1. The highest BCUT2D eigenvalue weighted by Gasteiger charge is 2.15. The second-order valence-corrected chi connectivity index (χ2v) is 6.38. The quantitative estimate of drug-likeness (QED) is 0.598. The zero-order valence-corrected chi connectivity index (χ0v) is 13.2. The molecule has 0 aliphatic rings. The first-order chi connectivity index (χ1) is 10.9. The minimum Gasteiger partial charge on any atom is -0.469 e. The first kappa shape index (κ1) is 17.0. The van der Waals surface area contributed by atoms with Gasteiger partial charge in [0.2, 0.25) is 0 Å².